The number of nitrogens with one attached hydrogen (secondary N) is 1. The predicted molar refractivity (Wildman–Crippen MR) is 77.2 cm³/mol. The molecule has 0 heterocycles. The molecule has 0 amide bonds. The second-order valence-electron chi connectivity index (χ2n) is 4.60. The molecular formula is C16H21NO. The molecule has 2 aromatic rings. The zero-order valence-electron chi connectivity index (χ0n) is 11.1. The van der Waals surface area contributed by atoms with Crippen LogP contribution in [0.1, 0.15) is 19.8 Å². The van der Waals surface area contributed by atoms with E-state index in [1.54, 1.807) is 0 Å². The third kappa shape index (κ3) is 3.23. The van der Waals surface area contributed by atoms with Gasteiger partial charge in [0.1, 0.15) is 11.9 Å². The van der Waals surface area contributed by atoms with E-state index in [-0.39, 0.29) is 6.10 Å². The van der Waals surface area contributed by atoms with Crippen LogP contribution in [-0.2, 0) is 0 Å². The van der Waals surface area contributed by atoms with Crippen LogP contribution < -0.4 is 10.1 Å². The lowest BCUT2D eigenvalue weighted by molar-refractivity contribution is 0.189. The number of hydrogen-bond acceptors (Lipinski definition) is 2. The highest BCUT2D eigenvalue weighted by atomic mass is 16.5. The van der Waals surface area contributed by atoms with Gasteiger partial charge in [0.05, 0.1) is 0 Å². The van der Waals surface area contributed by atoms with Crippen molar-refractivity contribution < 1.29 is 4.74 Å². The third-order valence-corrected chi connectivity index (χ3v) is 3.07. The number of hydrogen-bond donors (Lipinski definition) is 1. The van der Waals surface area contributed by atoms with Crippen LogP contribution in [0, 0.1) is 0 Å². The Bertz CT molecular complexity index is 489. The average Bonchev–Trinajstić information content (AvgIpc) is 2.39. The van der Waals surface area contributed by atoms with E-state index in [9.17, 15) is 0 Å². The zero-order chi connectivity index (χ0) is 12.8. The molecule has 18 heavy (non-hydrogen) atoms. The van der Waals surface area contributed by atoms with Gasteiger partial charge in [0, 0.05) is 6.54 Å². The molecule has 2 heteroatoms. The first kappa shape index (κ1) is 12.9. The van der Waals surface area contributed by atoms with Crippen molar-refractivity contribution in [1.29, 1.82) is 0 Å². The highest BCUT2D eigenvalue weighted by molar-refractivity contribution is 5.83. The maximum Gasteiger partial charge on any atom is 0.120 e. The topological polar surface area (TPSA) is 21.3 Å². The van der Waals surface area contributed by atoms with E-state index in [0.717, 1.165) is 25.1 Å². The lowest BCUT2D eigenvalue weighted by atomic mass is 10.1. The van der Waals surface area contributed by atoms with Gasteiger partial charge in [-0.05, 0) is 36.4 Å². The molecule has 1 atom stereocenters. The van der Waals surface area contributed by atoms with Crippen molar-refractivity contribution >= 4 is 10.8 Å². The molecule has 1 unspecified atom stereocenters. The number of rotatable bonds is 6. The Morgan fingerprint density at radius 3 is 2.61 bits per heavy atom. The van der Waals surface area contributed by atoms with Crippen LogP contribution in [0.2, 0.25) is 0 Å². The van der Waals surface area contributed by atoms with Gasteiger partial charge in [0.25, 0.3) is 0 Å². The summed E-state index contributed by atoms with van der Waals surface area (Å²) in [6, 6.07) is 14.7. The Morgan fingerprint density at radius 2 is 1.89 bits per heavy atom. The highest BCUT2D eigenvalue weighted by Crippen LogP contribution is 2.22. The van der Waals surface area contributed by atoms with Crippen LogP contribution in [0.15, 0.2) is 42.5 Å². The SMILES string of the molecule is CCCC(CNC)Oc1ccc2ccccc2c1. The lowest BCUT2D eigenvalue weighted by Crippen LogP contribution is -2.29. The van der Waals surface area contributed by atoms with Crippen molar-refractivity contribution in [3.63, 3.8) is 0 Å². The molecule has 0 saturated heterocycles. The van der Waals surface area contributed by atoms with E-state index < -0.39 is 0 Å². The molecule has 2 aromatic carbocycles. The monoisotopic (exact) mass is 243 g/mol. The number of benzene rings is 2. The molecule has 0 fully saturated rings. The van der Waals surface area contributed by atoms with Crippen LogP contribution in [0.5, 0.6) is 5.75 Å². The van der Waals surface area contributed by atoms with Crippen LogP contribution in [0.3, 0.4) is 0 Å². The van der Waals surface area contributed by atoms with Crippen LogP contribution >= 0.6 is 0 Å². The fourth-order valence-electron chi connectivity index (χ4n) is 2.19. The van der Waals surface area contributed by atoms with E-state index >= 15 is 0 Å². The summed E-state index contributed by atoms with van der Waals surface area (Å²) in [7, 11) is 1.96. The van der Waals surface area contributed by atoms with Gasteiger partial charge in [-0.25, -0.2) is 0 Å². The predicted octanol–water partition coefficient (Wildman–Crippen LogP) is 3.61. The molecule has 1 N–H and O–H groups in total. The molecule has 0 spiro atoms. The molecular weight excluding hydrogens is 222 g/mol. The van der Waals surface area contributed by atoms with Gasteiger partial charge in [0.2, 0.25) is 0 Å². The molecule has 2 rings (SSSR count). The van der Waals surface area contributed by atoms with Crippen LogP contribution in [0.25, 0.3) is 10.8 Å². The van der Waals surface area contributed by atoms with Crippen molar-refractivity contribution in [3.05, 3.63) is 42.5 Å². The maximum atomic E-state index is 6.04. The van der Waals surface area contributed by atoms with Gasteiger partial charge >= 0.3 is 0 Å². The maximum absolute atomic E-state index is 6.04. The summed E-state index contributed by atoms with van der Waals surface area (Å²) in [5.74, 6) is 0.961. The summed E-state index contributed by atoms with van der Waals surface area (Å²) in [5.41, 5.74) is 0. The van der Waals surface area contributed by atoms with Crippen molar-refractivity contribution in [3.8, 4) is 5.75 Å². The van der Waals surface area contributed by atoms with E-state index in [4.69, 9.17) is 4.74 Å². The molecule has 0 aromatic heterocycles. The van der Waals surface area contributed by atoms with Gasteiger partial charge in [-0.1, -0.05) is 43.7 Å². The summed E-state index contributed by atoms with van der Waals surface area (Å²) in [4.78, 5) is 0. The van der Waals surface area contributed by atoms with Crippen molar-refractivity contribution in [1.82, 2.24) is 5.32 Å². The van der Waals surface area contributed by atoms with Gasteiger partial charge in [-0.15, -0.1) is 0 Å². The van der Waals surface area contributed by atoms with Crippen LogP contribution in [0.4, 0.5) is 0 Å². The second kappa shape index (κ2) is 6.41. The smallest absolute Gasteiger partial charge is 0.120 e. The largest absolute Gasteiger partial charge is 0.489 e. The second-order valence-corrected chi connectivity index (χ2v) is 4.60. The molecule has 0 aliphatic heterocycles. The number of ether oxygens (including phenoxy) is 1. The van der Waals surface area contributed by atoms with E-state index in [1.165, 1.54) is 10.8 Å². The first-order chi connectivity index (χ1) is 8.83. The van der Waals surface area contributed by atoms with Gasteiger partial charge in [-0.2, -0.15) is 0 Å². The van der Waals surface area contributed by atoms with E-state index in [2.05, 4.69) is 54.7 Å². The summed E-state index contributed by atoms with van der Waals surface area (Å²) in [6.07, 6.45) is 2.47. The Labute approximate surface area is 109 Å². The summed E-state index contributed by atoms with van der Waals surface area (Å²) in [5, 5.41) is 5.67. The Kier molecular flexibility index (Phi) is 4.59. The number of fused-ring (bicyclic) bond motifs is 1. The van der Waals surface area contributed by atoms with Crippen molar-refractivity contribution in [2.24, 2.45) is 0 Å². The number of likely N-dealkylation sites (N-methyl/N-ethyl adjacent to an activating group) is 1. The van der Waals surface area contributed by atoms with Gasteiger partial charge in [0.15, 0.2) is 0 Å². The minimum absolute atomic E-state index is 0.251. The fraction of sp³-hybridized carbons (Fsp3) is 0.375. The quantitative estimate of drug-likeness (QED) is 0.837. The average molecular weight is 243 g/mol. The Balaban J connectivity index is 2.14. The normalized spacial score (nSPS) is 12.6. The minimum Gasteiger partial charge on any atom is -0.489 e. The molecule has 0 aliphatic carbocycles. The molecule has 2 nitrogen and oxygen atoms in total. The summed E-state index contributed by atoms with van der Waals surface area (Å²) in [6.45, 7) is 3.08. The molecule has 96 valence electrons. The standard InChI is InChI=1S/C16H21NO/c1-3-6-16(12-17-2)18-15-10-9-13-7-4-5-8-14(13)11-15/h4-5,7-11,16-17H,3,6,12H2,1-2H3. The highest BCUT2D eigenvalue weighted by Gasteiger charge is 2.08. The van der Waals surface area contributed by atoms with E-state index in [0.29, 0.717) is 0 Å². The molecule has 0 radical (unpaired) electrons. The lowest BCUT2D eigenvalue weighted by Gasteiger charge is -2.18. The Morgan fingerprint density at radius 1 is 1.11 bits per heavy atom. The first-order valence-corrected chi connectivity index (χ1v) is 6.63. The first-order valence-electron chi connectivity index (χ1n) is 6.63. The third-order valence-electron chi connectivity index (χ3n) is 3.07. The summed E-state index contributed by atoms with van der Waals surface area (Å²) >= 11 is 0. The van der Waals surface area contributed by atoms with E-state index in [1.807, 2.05) is 7.05 Å². The Hall–Kier alpha value is -1.54. The zero-order valence-corrected chi connectivity index (χ0v) is 11.1. The van der Waals surface area contributed by atoms with Gasteiger partial charge in [-0.3, -0.25) is 0 Å². The molecule has 0 saturated carbocycles. The molecule has 0 aliphatic rings. The fourth-order valence-corrected chi connectivity index (χ4v) is 2.19. The van der Waals surface area contributed by atoms with Crippen LogP contribution in [-0.4, -0.2) is 19.7 Å². The van der Waals surface area contributed by atoms with Crippen molar-refractivity contribution in [2.75, 3.05) is 13.6 Å². The molecule has 0 bridgehead atoms. The summed E-state index contributed by atoms with van der Waals surface area (Å²) < 4.78 is 6.04. The minimum atomic E-state index is 0.251. The van der Waals surface area contributed by atoms with Gasteiger partial charge < -0.3 is 10.1 Å². The van der Waals surface area contributed by atoms with Crippen molar-refractivity contribution in [2.45, 2.75) is 25.9 Å².